The minimum absolute atomic E-state index is 0.418. The zero-order chi connectivity index (χ0) is 10.7. The minimum atomic E-state index is -1.42. The predicted octanol–water partition coefficient (Wildman–Crippen LogP) is 1.52. The molecule has 2 rings (SSSR count). The van der Waals surface area contributed by atoms with Crippen molar-refractivity contribution in [2.24, 2.45) is 0 Å². The lowest BCUT2D eigenvalue weighted by Gasteiger charge is -2.18. The number of hydrogen-bond donors (Lipinski definition) is 0. The van der Waals surface area contributed by atoms with Crippen LogP contribution in [-0.2, 0) is 15.3 Å². The van der Waals surface area contributed by atoms with Crippen LogP contribution in [0.5, 0.6) is 11.5 Å². The number of fused-ring (bicyclic) bond motifs is 1. The molecule has 0 saturated carbocycles. The average molecular weight is 228 g/mol. The van der Waals surface area contributed by atoms with Crippen LogP contribution in [0.1, 0.15) is 6.92 Å². The van der Waals surface area contributed by atoms with Crippen LogP contribution in [0.15, 0.2) is 23.1 Å². The fourth-order valence-corrected chi connectivity index (χ4v) is 2.04. The summed E-state index contributed by atoms with van der Waals surface area (Å²) in [5, 5.41) is 0. The molecular weight excluding hydrogens is 216 g/mol. The van der Waals surface area contributed by atoms with Crippen LogP contribution in [0, 0.1) is 0 Å². The summed E-state index contributed by atoms with van der Waals surface area (Å²) in [5.74, 6) is 1.32. The summed E-state index contributed by atoms with van der Waals surface area (Å²) in [6, 6.07) is 5.17. The van der Waals surface area contributed by atoms with Gasteiger partial charge in [0, 0.05) is 6.07 Å². The fraction of sp³-hybridized carbons (Fsp3) is 0.400. The van der Waals surface area contributed by atoms with Crippen molar-refractivity contribution in [1.29, 1.82) is 0 Å². The van der Waals surface area contributed by atoms with Crippen molar-refractivity contribution in [3.63, 3.8) is 0 Å². The number of rotatable bonds is 3. The summed E-state index contributed by atoms with van der Waals surface area (Å²) >= 11 is -1.42. The molecule has 0 aliphatic carbocycles. The molecule has 0 aromatic heterocycles. The maximum Gasteiger partial charge on any atom is 0.189 e. The van der Waals surface area contributed by atoms with Crippen molar-refractivity contribution >= 4 is 11.1 Å². The van der Waals surface area contributed by atoms with Crippen LogP contribution in [-0.4, -0.2) is 24.0 Å². The summed E-state index contributed by atoms with van der Waals surface area (Å²) in [6.45, 7) is 3.30. The molecule has 4 nitrogen and oxygen atoms in total. The highest BCUT2D eigenvalue weighted by atomic mass is 32.2. The van der Waals surface area contributed by atoms with E-state index in [1.54, 1.807) is 25.1 Å². The highest BCUT2D eigenvalue weighted by Gasteiger charge is 2.14. The second-order valence-corrected chi connectivity index (χ2v) is 4.12. The van der Waals surface area contributed by atoms with Gasteiger partial charge in [-0.2, -0.15) is 0 Å². The lowest BCUT2D eigenvalue weighted by Crippen LogP contribution is -2.15. The molecule has 0 radical (unpaired) electrons. The molecule has 1 aromatic rings. The summed E-state index contributed by atoms with van der Waals surface area (Å²) in [7, 11) is 0. The zero-order valence-corrected chi connectivity index (χ0v) is 9.21. The molecule has 15 heavy (non-hydrogen) atoms. The molecule has 0 fully saturated rings. The van der Waals surface area contributed by atoms with Gasteiger partial charge in [-0.25, -0.2) is 4.21 Å². The van der Waals surface area contributed by atoms with E-state index in [-0.39, 0.29) is 0 Å². The monoisotopic (exact) mass is 228 g/mol. The fourth-order valence-electron chi connectivity index (χ4n) is 1.30. The molecule has 0 saturated heterocycles. The second kappa shape index (κ2) is 4.63. The van der Waals surface area contributed by atoms with Crippen molar-refractivity contribution in [2.75, 3.05) is 19.8 Å². The number of benzene rings is 1. The minimum Gasteiger partial charge on any atom is -0.486 e. The first-order valence-corrected chi connectivity index (χ1v) is 5.83. The molecule has 0 spiro atoms. The molecule has 0 unspecified atom stereocenters. The van der Waals surface area contributed by atoms with E-state index >= 15 is 0 Å². The first-order chi connectivity index (χ1) is 7.31. The van der Waals surface area contributed by atoms with Gasteiger partial charge in [0.1, 0.15) is 13.2 Å². The summed E-state index contributed by atoms with van der Waals surface area (Å²) in [6.07, 6.45) is 0. The van der Waals surface area contributed by atoms with E-state index in [4.69, 9.17) is 13.7 Å². The third-order valence-electron chi connectivity index (χ3n) is 1.93. The molecule has 82 valence electrons. The number of hydrogen-bond acceptors (Lipinski definition) is 4. The van der Waals surface area contributed by atoms with Crippen molar-refractivity contribution in [3.8, 4) is 11.5 Å². The van der Waals surface area contributed by atoms with Gasteiger partial charge in [-0.15, -0.1) is 0 Å². The van der Waals surface area contributed by atoms with E-state index in [1.807, 2.05) is 0 Å². The maximum absolute atomic E-state index is 11.5. The second-order valence-electron chi connectivity index (χ2n) is 2.95. The third-order valence-corrected chi connectivity index (χ3v) is 3.02. The largest absolute Gasteiger partial charge is 0.486 e. The average Bonchev–Trinajstić information content (AvgIpc) is 2.29. The highest BCUT2D eigenvalue weighted by molar-refractivity contribution is 7.80. The molecule has 1 heterocycles. The van der Waals surface area contributed by atoms with Gasteiger partial charge in [0.2, 0.25) is 0 Å². The first-order valence-electron chi connectivity index (χ1n) is 4.76. The zero-order valence-electron chi connectivity index (χ0n) is 8.39. The Kier molecular flexibility index (Phi) is 3.23. The predicted molar refractivity (Wildman–Crippen MR) is 55.5 cm³/mol. The van der Waals surface area contributed by atoms with E-state index < -0.39 is 11.1 Å². The quantitative estimate of drug-likeness (QED) is 0.786. The first kappa shape index (κ1) is 10.4. The van der Waals surface area contributed by atoms with E-state index in [0.29, 0.717) is 36.2 Å². The molecule has 5 heteroatoms. The SMILES string of the molecule is CCO[S@@](=O)c1ccc2c(c1)OCCO2. The molecule has 1 atom stereocenters. The van der Waals surface area contributed by atoms with Crippen molar-refractivity contribution in [2.45, 2.75) is 11.8 Å². The number of ether oxygens (including phenoxy) is 2. The normalized spacial score (nSPS) is 16.1. The Morgan fingerprint density at radius 2 is 2.07 bits per heavy atom. The summed E-state index contributed by atoms with van der Waals surface area (Å²) in [4.78, 5) is 0.598. The standard InChI is InChI=1S/C10H12O4S/c1-2-14-15(11)8-3-4-9-10(7-8)13-6-5-12-9/h3-4,7H,2,5-6H2,1H3/t15-/m1/s1. The van der Waals surface area contributed by atoms with Gasteiger partial charge in [-0.1, -0.05) is 0 Å². The van der Waals surface area contributed by atoms with Gasteiger partial charge in [0.15, 0.2) is 22.6 Å². The van der Waals surface area contributed by atoms with Crippen LogP contribution in [0.2, 0.25) is 0 Å². The van der Waals surface area contributed by atoms with E-state index in [9.17, 15) is 4.21 Å². The molecule has 1 aliphatic heterocycles. The molecule has 1 aromatic carbocycles. The van der Waals surface area contributed by atoms with Gasteiger partial charge in [-0.05, 0) is 19.1 Å². The Morgan fingerprint density at radius 3 is 2.80 bits per heavy atom. The Hall–Kier alpha value is -1.07. The van der Waals surface area contributed by atoms with Gasteiger partial charge >= 0.3 is 0 Å². The third kappa shape index (κ3) is 2.30. The Morgan fingerprint density at radius 1 is 1.33 bits per heavy atom. The molecular formula is C10H12O4S. The topological polar surface area (TPSA) is 44.8 Å². The Labute approximate surface area is 90.8 Å². The summed E-state index contributed by atoms with van der Waals surface area (Å²) in [5.41, 5.74) is 0. The molecule has 0 amide bonds. The van der Waals surface area contributed by atoms with Crippen LogP contribution in [0.4, 0.5) is 0 Å². The van der Waals surface area contributed by atoms with Crippen LogP contribution < -0.4 is 9.47 Å². The lowest BCUT2D eigenvalue weighted by molar-refractivity contribution is 0.171. The smallest absolute Gasteiger partial charge is 0.189 e. The van der Waals surface area contributed by atoms with Crippen molar-refractivity contribution in [3.05, 3.63) is 18.2 Å². The van der Waals surface area contributed by atoms with E-state index in [0.717, 1.165) is 0 Å². The van der Waals surface area contributed by atoms with Crippen LogP contribution >= 0.6 is 0 Å². The maximum atomic E-state index is 11.5. The van der Waals surface area contributed by atoms with E-state index in [2.05, 4.69) is 0 Å². The van der Waals surface area contributed by atoms with Gasteiger partial charge in [0.05, 0.1) is 11.5 Å². The van der Waals surface area contributed by atoms with Gasteiger partial charge in [-0.3, -0.25) is 4.18 Å². The van der Waals surface area contributed by atoms with Gasteiger partial charge < -0.3 is 9.47 Å². The molecule has 0 N–H and O–H groups in total. The van der Waals surface area contributed by atoms with Crippen molar-refractivity contribution in [1.82, 2.24) is 0 Å². The summed E-state index contributed by atoms with van der Waals surface area (Å²) < 4.78 is 27.2. The highest BCUT2D eigenvalue weighted by Crippen LogP contribution is 2.31. The van der Waals surface area contributed by atoms with Gasteiger partial charge in [0.25, 0.3) is 0 Å². The Balaban J connectivity index is 2.24. The van der Waals surface area contributed by atoms with E-state index in [1.165, 1.54) is 0 Å². The van der Waals surface area contributed by atoms with Crippen LogP contribution in [0.3, 0.4) is 0 Å². The molecule has 1 aliphatic rings. The lowest BCUT2D eigenvalue weighted by atomic mass is 10.3. The van der Waals surface area contributed by atoms with Crippen LogP contribution in [0.25, 0.3) is 0 Å². The van der Waals surface area contributed by atoms with Crippen molar-refractivity contribution < 1.29 is 17.9 Å². The Bertz CT molecular complexity index is 378. The molecule has 0 bridgehead atoms.